The van der Waals surface area contributed by atoms with Crippen molar-refractivity contribution in [1.82, 2.24) is 9.97 Å². The Bertz CT molecular complexity index is 975. The molecule has 0 atom stereocenters. The number of aromatic nitrogens is 2. The fraction of sp³-hybridized carbons (Fsp3) is 0.188. The van der Waals surface area contributed by atoms with Crippen LogP contribution in [0.4, 0.5) is 5.69 Å². The van der Waals surface area contributed by atoms with Crippen LogP contribution < -0.4 is 4.74 Å². The summed E-state index contributed by atoms with van der Waals surface area (Å²) in [5.41, 5.74) is 3.13. The molecule has 0 saturated heterocycles. The van der Waals surface area contributed by atoms with Gasteiger partial charge in [-0.2, -0.15) is 0 Å². The number of nitrogens with zero attached hydrogens (tertiary/aromatic N) is 2. The van der Waals surface area contributed by atoms with Crippen molar-refractivity contribution in [2.24, 2.45) is 0 Å². The molecule has 0 spiro atoms. The van der Waals surface area contributed by atoms with E-state index in [0.29, 0.717) is 33.9 Å². The maximum absolute atomic E-state index is 11.1. The first kappa shape index (κ1) is 16.2. The molecule has 1 aromatic heterocycles. The Kier molecular flexibility index (Phi) is 4.24. The molecule has 0 fully saturated rings. The highest BCUT2D eigenvalue weighted by Gasteiger charge is 2.21. The summed E-state index contributed by atoms with van der Waals surface area (Å²) < 4.78 is 10.8. The number of H-pyrrole nitrogens is 1. The van der Waals surface area contributed by atoms with Gasteiger partial charge in [-0.25, -0.2) is 4.98 Å². The molecule has 25 heavy (non-hydrogen) atoms. The SMILES string of the molecule is O=[N+]([O-])c1cc2c(c(CSc3nc4ccc(Cl)cc4[nH]3)c1)OCOC2. The molecule has 7 nitrogen and oxygen atoms in total. The van der Waals surface area contributed by atoms with E-state index in [2.05, 4.69) is 9.97 Å². The number of benzene rings is 2. The molecule has 0 amide bonds. The number of imidazole rings is 1. The lowest BCUT2D eigenvalue weighted by molar-refractivity contribution is -0.385. The van der Waals surface area contributed by atoms with Crippen LogP contribution in [0.3, 0.4) is 0 Å². The van der Waals surface area contributed by atoms with Crippen LogP contribution in [-0.2, 0) is 17.1 Å². The number of rotatable bonds is 4. The van der Waals surface area contributed by atoms with Crippen molar-refractivity contribution in [1.29, 1.82) is 0 Å². The Morgan fingerprint density at radius 3 is 3.08 bits per heavy atom. The van der Waals surface area contributed by atoms with Crippen molar-refractivity contribution in [3.63, 3.8) is 0 Å². The van der Waals surface area contributed by atoms with Crippen LogP contribution in [-0.4, -0.2) is 21.7 Å². The van der Waals surface area contributed by atoms with E-state index in [9.17, 15) is 10.1 Å². The van der Waals surface area contributed by atoms with Gasteiger partial charge in [-0.15, -0.1) is 0 Å². The molecule has 0 saturated carbocycles. The lowest BCUT2D eigenvalue weighted by Gasteiger charge is -2.20. The Morgan fingerprint density at radius 1 is 1.36 bits per heavy atom. The van der Waals surface area contributed by atoms with E-state index >= 15 is 0 Å². The van der Waals surface area contributed by atoms with E-state index in [1.807, 2.05) is 12.1 Å². The highest BCUT2D eigenvalue weighted by Crippen LogP contribution is 2.36. The van der Waals surface area contributed by atoms with Crippen LogP contribution in [0.25, 0.3) is 11.0 Å². The Morgan fingerprint density at radius 2 is 2.24 bits per heavy atom. The monoisotopic (exact) mass is 377 g/mol. The predicted octanol–water partition coefficient (Wildman–Crippen LogP) is 4.28. The zero-order chi connectivity index (χ0) is 17.4. The van der Waals surface area contributed by atoms with E-state index in [-0.39, 0.29) is 12.5 Å². The molecular formula is C16H12ClN3O4S. The molecule has 0 aliphatic carbocycles. The van der Waals surface area contributed by atoms with Gasteiger partial charge in [0.1, 0.15) is 5.75 Å². The molecule has 3 aromatic rings. The number of hydrogen-bond donors (Lipinski definition) is 1. The normalized spacial score (nSPS) is 13.5. The molecule has 1 N–H and O–H groups in total. The first-order chi connectivity index (χ1) is 12.1. The highest BCUT2D eigenvalue weighted by atomic mass is 35.5. The molecule has 9 heteroatoms. The molecule has 0 unspecified atom stereocenters. The number of nitrogens with one attached hydrogen (secondary N) is 1. The minimum atomic E-state index is -0.410. The topological polar surface area (TPSA) is 90.3 Å². The fourth-order valence-corrected chi connectivity index (χ4v) is 3.69. The summed E-state index contributed by atoms with van der Waals surface area (Å²) in [4.78, 5) is 18.4. The van der Waals surface area contributed by atoms with Gasteiger partial charge >= 0.3 is 0 Å². The fourth-order valence-electron chi connectivity index (χ4n) is 2.67. The maximum atomic E-state index is 11.1. The van der Waals surface area contributed by atoms with Crippen molar-refractivity contribution in [2.75, 3.05) is 6.79 Å². The molecule has 2 heterocycles. The summed E-state index contributed by atoms with van der Waals surface area (Å²) in [6.45, 7) is 0.448. The molecule has 1 aliphatic heterocycles. The van der Waals surface area contributed by atoms with Crippen molar-refractivity contribution in [3.05, 3.63) is 56.6 Å². The van der Waals surface area contributed by atoms with E-state index in [4.69, 9.17) is 21.1 Å². The predicted molar refractivity (Wildman–Crippen MR) is 94.0 cm³/mol. The quantitative estimate of drug-likeness (QED) is 0.414. The zero-order valence-electron chi connectivity index (χ0n) is 12.8. The lowest BCUT2D eigenvalue weighted by Crippen LogP contribution is -2.13. The Labute approximate surface area is 151 Å². The largest absolute Gasteiger partial charge is 0.467 e. The number of halogens is 1. The molecule has 128 valence electrons. The second kappa shape index (κ2) is 6.55. The lowest BCUT2D eigenvalue weighted by atomic mass is 10.1. The number of thioether (sulfide) groups is 1. The summed E-state index contributed by atoms with van der Waals surface area (Å²) in [6, 6.07) is 8.46. The third-order valence-corrected chi connectivity index (χ3v) is 4.93. The van der Waals surface area contributed by atoms with Crippen LogP contribution in [0.1, 0.15) is 11.1 Å². The number of hydrogen-bond acceptors (Lipinski definition) is 6. The molecule has 4 rings (SSSR count). The van der Waals surface area contributed by atoms with E-state index in [0.717, 1.165) is 16.6 Å². The number of non-ortho nitro benzene ring substituents is 1. The van der Waals surface area contributed by atoms with Crippen molar-refractivity contribution in [2.45, 2.75) is 17.5 Å². The van der Waals surface area contributed by atoms with E-state index in [1.54, 1.807) is 6.07 Å². The van der Waals surface area contributed by atoms with Crippen LogP contribution in [0.15, 0.2) is 35.5 Å². The summed E-state index contributed by atoms with van der Waals surface area (Å²) in [7, 11) is 0. The highest BCUT2D eigenvalue weighted by molar-refractivity contribution is 7.98. The van der Waals surface area contributed by atoms with Crippen LogP contribution in [0.5, 0.6) is 5.75 Å². The third kappa shape index (κ3) is 3.28. The zero-order valence-corrected chi connectivity index (χ0v) is 14.4. The van der Waals surface area contributed by atoms with Gasteiger partial charge in [0.25, 0.3) is 5.69 Å². The summed E-state index contributed by atoms with van der Waals surface area (Å²) in [5.74, 6) is 1.14. The second-order valence-corrected chi connectivity index (χ2v) is 6.85. The summed E-state index contributed by atoms with van der Waals surface area (Å²) >= 11 is 7.43. The van der Waals surface area contributed by atoms with Gasteiger partial charge in [-0.05, 0) is 18.2 Å². The number of fused-ring (bicyclic) bond motifs is 2. The Balaban J connectivity index is 1.62. The van der Waals surface area contributed by atoms with Gasteiger partial charge in [-0.3, -0.25) is 10.1 Å². The average molecular weight is 378 g/mol. The van der Waals surface area contributed by atoms with Gasteiger partial charge in [-0.1, -0.05) is 23.4 Å². The van der Waals surface area contributed by atoms with Crippen LogP contribution in [0.2, 0.25) is 5.02 Å². The van der Waals surface area contributed by atoms with Crippen molar-refractivity contribution >= 4 is 40.1 Å². The number of nitro groups is 1. The average Bonchev–Trinajstić information content (AvgIpc) is 3.01. The Hall–Kier alpha value is -2.29. The van der Waals surface area contributed by atoms with E-state index < -0.39 is 4.92 Å². The minimum absolute atomic E-state index is 0.0276. The first-order valence-electron chi connectivity index (χ1n) is 7.39. The first-order valence-corrected chi connectivity index (χ1v) is 8.75. The van der Waals surface area contributed by atoms with Gasteiger partial charge in [0.05, 0.1) is 22.6 Å². The molecule has 0 radical (unpaired) electrons. The van der Waals surface area contributed by atoms with Gasteiger partial charge in [0.2, 0.25) is 0 Å². The van der Waals surface area contributed by atoms with Gasteiger partial charge in [0, 0.05) is 34.0 Å². The molecular weight excluding hydrogens is 366 g/mol. The molecule has 1 aliphatic rings. The summed E-state index contributed by atoms with van der Waals surface area (Å²) in [5, 5.41) is 12.5. The maximum Gasteiger partial charge on any atom is 0.270 e. The molecule has 0 bridgehead atoms. The van der Waals surface area contributed by atoms with Crippen molar-refractivity contribution < 1.29 is 14.4 Å². The number of aromatic amines is 1. The third-order valence-electron chi connectivity index (χ3n) is 3.77. The molecule has 2 aromatic carbocycles. The van der Waals surface area contributed by atoms with Crippen molar-refractivity contribution in [3.8, 4) is 5.75 Å². The minimum Gasteiger partial charge on any atom is -0.467 e. The van der Waals surface area contributed by atoms with Gasteiger partial charge < -0.3 is 14.5 Å². The summed E-state index contributed by atoms with van der Waals surface area (Å²) in [6.07, 6.45) is 0. The smallest absolute Gasteiger partial charge is 0.270 e. The number of ether oxygens (including phenoxy) is 2. The standard InChI is InChI=1S/C16H12ClN3O4S/c17-11-1-2-13-14(5-11)19-16(18-13)25-7-10-4-12(20(21)22)3-9-6-23-8-24-15(9)10/h1-5H,6-8H2,(H,18,19). The van der Waals surface area contributed by atoms with Gasteiger partial charge in [0.15, 0.2) is 11.9 Å². The van der Waals surface area contributed by atoms with Crippen LogP contribution in [0, 0.1) is 10.1 Å². The number of nitro benzene ring substituents is 1. The van der Waals surface area contributed by atoms with E-state index in [1.165, 1.54) is 23.9 Å². The van der Waals surface area contributed by atoms with Crippen LogP contribution >= 0.6 is 23.4 Å². The second-order valence-electron chi connectivity index (χ2n) is 5.45.